The molecule has 0 saturated heterocycles. The first-order valence-corrected chi connectivity index (χ1v) is 5.91. The second-order valence-electron chi connectivity index (χ2n) is 3.69. The molecule has 0 bridgehead atoms. The van der Waals surface area contributed by atoms with Crippen LogP contribution in [0.3, 0.4) is 0 Å². The normalized spacial score (nSPS) is 9.88. The molecule has 0 aromatic carbocycles. The highest BCUT2D eigenvalue weighted by Gasteiger charge is 2.10. The fourth-order valence-corrected chi connectivity index (χ4v) is 0.375. The summed E-state index contributed by atoms with van der Waals surface area (Å²) in [4.78, 5) is 0. The van der Waals surface area contributed by atoms with Crippen LogP contribution in [0, 0.1) is 0 Å². The quantitative estimate of drug-likeness (QED) is 0.611. The smallest absolute Gasteiger partial charge is 0.0698 e. The predicted molar refractivity (Wildman–Crippen MR) is 69.1 cm³/mol. The van der Waals surface area contributed by atoms with Crippen molar-refractivity contribution in [3.8, 4) is 0 Å². The molecule has 0 aromatic rings. The first-order chi connectivity index (χ1) is 7.95. The van der Waals surface area contributed by atoms with E-state index in [0.717, 1.165) is 6.42 Å². The lowest BCUT2D eigenvalue weighted by molar-refractivity contribution is 0.0196. The highest BCUT2D eigenvalue weighted by molar-refractivity contribution is 4.62. The van der Waals surface area contributed by atoms with Crippen LogP contribution in [0.1, 0.15) is 34.1 Å². The Balaban J connectivity index is -0.000000188. The van der Waals surface area contributed by atoms with Crippen molar-refractivity contribution in [3.63, 3.8) is 0 Å². The Hall–Kier alpha value is -0.200. The summed E-state index contributed by atoms with van der Waals surface area (Å²) in [7, 11) is 1.74. The highest BCUT2D eigenvalue weighted by atomic mass is 16.5. The molecule has 0 aliphatic heterocycles. The Morgan fingerprint density at radius 2 is 1.29 bits per heavy atom. The lowest BCUT2D eigenvalue weighted by Crippen LogP contribution is -2.20. The van der Waals surface area contributed by atoms with E-state index in [2.05, 4.69) is 25.5 Å². The maximum atomic E-state index is 8.09. The van der Waals surface area contributed by atoms with Crippen molar-refractivity contribution in [1.82, 2.24) is 0 Å². The third-order valence-electron chi connectivity index (χ3n) is 1.88. The molecule has 0 aliphatic carbocycles. The summed E-state index contributed by atoms with van der Waals surface area (Å²) >= 11 is 0. The summed E-state index contributed by atoms with van der Waals surface area (Å²) in [6.07, 6.45) is 1.07. The number of hydrogen-bond acceptors (Lipinski definition) is 5. The van der Waals surface area contributed by atoms with E-state index in [1.54, 1.807) is 14.0 Å². The van der Waals surface area contributed by atoms with Gasteiger partial charge in [-0.2, -0.15) is 0 Å². The van der Waals surface area contributed by atoms with Gasteiger partial charge in [-0.1, -0.05) is 6.92 Å². The fourth-order valence-electron chi connectivity index (χ4n) is 0.375. The minimum Gasteiger partial charge on any atom is -0.397 e. The summed E-state index contributed by atoms with van der Waals surface area (Å²) in [5.41, 5.74) is 0.0833. The second kappa shape index (κ2) is 18.2. The summed E-state index contributed by atoms with van der Waals surface area (Å²) in [6, 6.07) is 0. The first-order valence-electron chi connectivity index (χ1n) is 5.91. The Bertz CT molecular complexity index is 107. The molecule has 0 amide bonds. The standard InChI is InChI=1S/C6H14O.C4H10O3.C2H6O/c1-5-6(2,3)7-4;5-1-3-7-4-2-6;1-2-3/h5H2,1-4H3;5-6H,1-4H2;3H,2H2,1H3. The molecular weight excluding hydrogens is 224 g/mol. The highest BCUT2D eigenvalue weighted by Crippen LogP contribution is 2.10. The van der Waals surface area contributed by atoms with Gasteiger partial charge in [-0.3, -0.25) is 0 Å². The molecule has 0 fully saturated rings. The van der Waals surface area contributed by atoms with Gasteiger partial charge >= 0.3 is 0 Å². The van der Waals surface area contributed by atoms with Crippen molar-refractivity contribution in [3.05, 3.63) is 0 Å². The molecule has 17 heavy (non-hydrogen) atoms. The van der Waals surface area contributed by atoms with Gasteiger partial charge in [0.15, 0.2) is 0 Å². The van der Waals surface area contributed by atoms with Crippen LogP contribution in [0.2, 0.25) is 0 Å². The van der Waals surface area contributed by atoms with Crippen LogP contribution in [0.15, 0.2) is 0 Å². The van der Waals surface area contributed by atoms with E-state index in [4.69, 9.17) is 20.1 Å². The molecule has 0 unspecified atom stereocenters. The predicted octanol–water partition coefficient (Wildman–Crippen LogP) is 0.808. The van der Waals surface area contributed by atoms with Gasteiger partial charge in [0.2, 0.25) is 0 Å². The maximum absolute atomic E-state index is 8.09. The van der Waals surface area contributed by atoms with Crippen molar-refractivity contribution in [2.45, 2.75) is 39.7 Å². The van der Waals surface area contributed by atoms with Crippen LogP contribution in [0.5, 0.6) is 0 Å². The number of hydrogen-bond donors (Lipinski definition) is 3. The van der Waals surface area contributed by atoms with E-state index < -0.39 is 0 Å². The van der Waals surface area contributed by atoms with Gasteiger partial charge in [-0.05, 0) is 27.2 Å². The van der Waals surface area contributed by atoms with Crippen molar-refractivity contribution in [2.75, 3.05) is 40.1 Å². The number of aliphatic hydroxyl groups excluding tert-OH is 3. The van der Waals surface area contributed by atoms with E-state index in [0.29, 0.717) is 13.2 Å². The zero-order chi connectivity index (χ0) is 14.2. The van der Waals surface area contributed by atoms with Gasteiger partial charge in [-0.25, -0.2) is 0 Å². The Labute approximate surface area is 105 Å². The number of methoxy groups -OCH3 is 1. The maximum Gasteiger partial charge on any atom is 0.0698 e. The summed E-state index contributed by atoms with van der Waals surface area (Å²) < 4.78 is 9.72. The SMILES string of the molecule is CCC(C)(C)OC.CCO.OCCOCCO. The Morgan fingerprint density at radius 1 is 0.941 bits per heavy atom. The van der Waals surface area contributed by atoms with E-state index in [1.165, 1.54) is 0 Å². The van der Waals surface area contributed by atoms with Gasteiger partial charge in [0.1, 0.15) is 0 Å². The monoisotopic (exact) mass is 254 g/mol. The number of rotatable bonds is 6. The molecule has 5 heteroatoms. The van der Waals surface area contributed by atoms with Crippen LogP contribution >= 0.6 is 0 Å². The molecule has 3 N–H and O–H groups in total. The minimum absolute atomic E-state index is 0.0278. The van der Waals surface area contributed by atoms with Gasteiger partial charge in [0.05, 0.1) is 32.0 Å². The molecule has 0 rings (SSSR count). The minimum atomic E-state index is 0.0278. The summed E-state index contributed by atoms with van der Waals surface area (Å²) in [5.74, 6) is 0. The fraction of sp³-hybridized carbons (Fsp3) is 1.00. The molecule has 0 heterocycles. The summed E-state index contributed by atoms with van der Waals surface area (Å²) in [6.45, 7) is 8.89. The van der Waals surface area contributed by atoms with Crippen molar-refractivity contribution in [1.29, 1.82) is 0 Å². The van der Waals surface area contributed by atoms with Gasteiger partial charge < -0.3 is 24.8 Å². The van der Waals surface area contributed by atoms with Crippen molar-refractivity contribution in [2.24, 2.45) is 0 Å². The lowest BCUT2D eigenvalue weighted by atomic mass is 10.1. The molecule has 0 aliphatic rings. The average Bonchev–Trinajstić information content (AvgIpc) is 2.32. The number of ether oxygens (including phenoxy) is 2. The third kappa shape index (κ3) is 31.3. The largest absolute Gasteiger partial charge is 0.397 e. The first kappa shape index (κ1) is 22.0. The van der Waals surface area contributed by atoms with Crippen molar-refractivity contribution >= 4 is 0 Å². The Kier molecular flexibility index (Phi) is 23.5. The van der Waals surface area contributed by atoms with E-state index >= 15 is 0 Å². The van der Waals surface area contributed by atoms with Crippen LogP contribution in [0.25, 0.3) is 0 Å². The second-order valence-corrected chi connectivity index (χ2v) is 3.69. The van der Waals surface area contributed by atoms with Gasteiger partial charge in [0, 0.05) is 13.7 Å². The third-order valence-corrected chi connectivity index (χ3v) is 1.88. The van der Waals surface area contributed by atoms with E-state index in [9.17, 15) is 0 Å². The zero-order valence-corrected chi connectivity index (χ0v) is 11.9. The molecule has 0 aromatic heterocycles. The zero-order valence-electron chi connectivity index (χ0n) is 11.9. The van der Waals surface area contributed by atoms with Crippen LogP contribution in [-0.2, 0) is 9.47 Å². The molecule has 108 valence electrons. The summed E-state index contributed by atoms with van der Waals surface area (Å²) in [5, 5.41) is 23.7. The van der Waals surface area contributed by atoms with E-state index in [1.807, 2.05) is 0 Å². The van der Waals surface area contributed by atoms with Crippen LogP contribution < -0.4 is 0 Å². The molecule has 5 nitrogen and oxygen atoms in total. The average molecular weight is 254 g/mol. The van der Waals surface area contributed by atoms with Gasteiger partial charge in [-0.15, -0.1) is 0 Å². The van der Waals surface area contributed by atoms with Crippen molar-refractivity contribution < 1.29 is 24.8 Å². The van der Waals surface area contributed by atoms with E-state index in [-0.39, 0.29) is 25.4 Å². The molecular formula is C12H30O5. The molecule has 0 spiro atoms. The molecule has 0 saturated carbocycles. The topological polar surface area (TPSA) is 79.2 Å². The Morgan fingerprint density at radius 3 is 1.41 bits per heavy atom. The molecule has 0 atom stereocenters. The van der Waals surface area contributed by atoms with Crippen LogP contribution in [-0.4, -0.2) is 61.1 Å². The van der Waals surface area contributed by atoms with Crippen LogP contribution in [0.4, 0.5) is 0 Å². The molecule has 0 radical (unpaired) electrons. The van der Waals surface area contributed by atoms with Gasteiger partial charge in [0.25, 0.3) is 0 Å². The number of aliphatic hydroxyl groups is 3. The lowest BCUT2D eigenvalue weighted by Gasteiger charge is -2.19.